The van der Waals surface area contributed by atoms with Gasteiger partial charge in [0.25, 0.3) is 0 Å². The van der Waals surface area contributed by atoms with Crippen molar-refractivity contribution >= 4 is 36.7 Å². The van der Waals surface area contributed by atoms with Gasteiger partial charge in [-0.15, -0.1) is 0 Å². The van der Waals surface area contributed by atoms with Crippen molar-refractivity contribution in [1.82, 2.24) is 0 Å². The molecular formula is C31H57IO2Si. The van der Waals surface area contributed by atoms with Crippen LogP contribution < -0.4 is 0 Å². The maximum absolute atomic E-state index is 13.6. The minimum absolute atomic E-state index is 0.0215. The van der Waals surface area contributed by atoms with Crippen LogP contribution in [0.5, 0.6) is 0 Å². The molecule has 0 bridgehead atoms. The van der Waals surface area contributed by atoms with Crippen molar-refractivity contribution in [2.45, 2.75) is 132 Å². The second-order valence-corrected chi connectivity index (χ2v) is 18.6. The van der Waals surface area contributed by atoms with Crippen LogP contribution >= 0.6 is 22.6 Å². The van der Waals surface area contributed by atoms with Gasteiger partial charge in [-0.3, -0.25) is 4.79 Å². The summed E-state index contributed by atoms with van der Waals surface area (Å²) in [4.78, 5) is 13.6. The third kappa shape index (κ3) is 10.6. The first-order chi connectivity index (χ1) is 16.1. The number of allylic oxidation sites excluding steroid dienone is 6. The molecular weight excluding hydrogens is 559 g/mol. The third-order valence-electron chi connectivity index (χ3n) is 7.85. The van der Waals surface area contributed by atoms with Crippen LogP contribution in [0.25, 0.3) is 0 Å². The first-order valence-corrected chi connectivity index (χ1v) is 17.3. The van der Waals surface area contributed by atoms with Crippen LogP contribution in [-0.4, -0.2) is 20.2 Å². The molecule has 204 valence electrons. The summed E-state index contributed by atoms with van der Waals surface area (Å²) in [6.07, 6.45) is 12.0. The third-order valence-corrected chi connectivity index (χ3v) is 15.1. The Morgan fingerprint density at radius 2 is 1.40 bits per heavy atom. The summed E-state index contributed by atoms with van der Waals surface area (Å²) in [5.74, 6) is 0.963. The molecule has 0 N–H and O–H groups in total. The number of carbonyl (C=O) groups excluding carboxylic acids is 1. The van der Waals surface area contributed by atoms with Gasteiger partial charge in [-0.05, 0) is 74.4 Å². The van der Waals surface area contributed by atoms with Crippen LogP contribution in [-0.2, 0) is 9.22 Å². The van der Waals surface area contributed by atoms with Gasteiger partial charge in [-0.2, -0.15) is 0 Å². The van der Waals surface area contributed by atoms with Crippen molar-refractivity contribution in [2.24, 2.45) is 23.7 Å². The van der Waals surface area contributed by atoms with Gasteiger partial charge in [0.15, 0.2) is 0 Å². The summed E-state index contributed by atoms with van der Waals surface area (Å²) in [7, 11) is -2.07. The van der Waals surface area contributed by atoms with E-state index in [0.29, 0.717) is 34.2 Å². The Morgan fingerprint density at radius 1 is 0.886 bits per heavy atom. The molecule has 0 aliphatic rings. The molecule has 2 nitrogen and oxygen atoms in total. The van der Waals surface area contributed by atoms with E-state index in [0.717, 1.165) is 24.8 Å². The summed E-state index contributed by atoms with van der Waals surface area (Å²) < 4.78 is 8.64. The number of carbonyl (C=O) groups is 1. The van der Waals surface area contributed by atoms with E-state index in [1.807, 2.05) is 0 Å². The minimum atomic E-state index is -2.07. The Hall–Kier alpha value is -0.203. The molecule has 0 rings (SSSR count). The van der Waals surface area contributed by atoms with E-state index in [9.17, 15) is 4.79 Å². The van der Waals surface area contributed by atoms with Crippen molar-refractivity contribution in [2.75, 3.05) is 0 Å². The molecule has 5 atom stereocenters. The van der Waals surface area contributed by atoms with Crippen LogP contribution in [0.4, 0.5) is 0 Å². The molecule has 35 heavy (non-hydrogen) atoms. The molecule has 0 saturated carbocycles. The molecule has 0 fully saturated rings. The van der Waals surface area contributed by atoms with E-state index in [4.69, 9.17) is 4.43 Å². The number of hydrogen-bond acceptors (Lipinski definition) is 2. The summed E-state index contributed by atoms with van der Waals surface area (Å²) >= 11 is 2.43. The highest BCUT2D eigenvalue weighted by molar-refractivity contribution is 14.1. The van der Waals surface area contributed by atoms with Gasteiger partial charge in [0.1, 0.15) is 5.78 Å². The Kier molecular flexibility index (Phi) is 16.5. The van der Waals surface area contributed by atoms with E-state index in [1.54, 1.807) is 0 Å². The Balaban J connectivity index is 5.68. The number of hydrogen-bond donors (Lipinski definition) is 0. The van der Waals surface area contributed by atoms with E-state index in [-0.39, 0.29) is 17.9 Å². The van der Waals surface area contributed by atoms with Crippen molar-refractivity contribution in [1.29, 1.82) is 0 Å². The molecule has 0 heterocycles. The molecule has 0 spiro atoms. The van der Waals surface area contributed by atoms with Gasteiger partial charge in [-0.25, -0.2) is 0 Å². The first kappa shape index (κ1) is 34.8. The molecule has 0 saturated heterocycles. The first-order valence-electron chi connectivity index (χ1n) is 14.1. The smallest absolute Gasteiger partial charge is 0.200 e. The van der Waals surface area contributed by atoms with E-state index < -0.39 is 8.32 Å². The van der Waals surface area contributed by atoms with E-state index in [1.165, 1.54) is 3.58 Å². The lowest BCUT2D eigenvalue weighted by molar-refractivity contribution is -0.128. The van der Waals surface area contributed by atoms with Crippen LogP contribution in [0.2, 0.25) is 16.6 Å². The predicted molar refractivity (Wildman–Crippen MR) is 168 cm³/mol. The van der Waals surface area contributed by atoms with Crippen LogP contribution in [0, 0.1) is 23.7 Å². The monoisotopic (exact) mass is 616 g/mol. The van der Waals surface area contributed by atoms with Crippen molar-refractivity contribution in [3.8, 4) is 0 Å². The quantitative estimate of drug-likeness (QED) is 0.0980. The molecule has 0 aromatic carbocycles. The van der Waals surface area contributed by atoms with Gasteiger partial charge in [0, 0.05) is 11.8 Å². The van der Waals surface area contributed by atoms with Gasteiger partial charge < -0.3 is 4.43 Å². The fourth-order valence-corrected chi connectivity index (χ4v) is 12.0. The molecule has 0 aromatic heterocycles. The zero-order valence-corrected chi connectivity index (χ0v) is 28.4. The standard InChI is InChI=1S/C31H57IO2Si/c1-14-26(11)31(34-35(21(3)4,22(5)6)23(7)8)28(13)30(33)27(12)19-24(9)17-16-18-25(10)20-29(32)15-2/h16-17,19-23,25-28,31H,14-15,18H2,1-13H3/b17-16+,24-19+,29-20-/t25-,26+,27-,28-,31-/m1/s1. The second-order valence-electron chi connectivity index (χ2n) is 11.8. The molecule has 0 unspecified atom stereocenters. The highest BCUT2D eigenvalue weighted by Crippen LogP contribution is 2.45. The highest BCUT2D eigenvalue weighted by atomic mass is 127. The van der Waals surface area contributed by atoms with Crippen molar-refractivity contribution in [3.05, 3.63) is 33.5 Å². The molecule has 0 amide bonds. The number of ketones is 1. The molecule has 0 aromatic rings. The fourth-order valence-electron chi connectivity index (χ4n) is 5.66. The SMILES string of the molecule is CC/C(I)=C/[C@H](C)C/C=C/C(C)=C/[C@@H](C)C(=O)[C@@H](C)[C@H](O[Si](C(C)C)(C(C)C)C(C)C)[C@@H](C)CC. The molecule has 0 aliphatic carbocycles. The fraction of sp³-hybridized carbons (Fsp3) is 0.774. The average molecular weight is 617 g/mol. The predicted octanol–water partition coefficient (Wildman–Crippen LogP) is 10.7. The summed E-state index contributed by atoms with van der Waals surface area (Å²) in [5.41, 5.74) is 2.70. The van der Waals surface area contributed by atoms with Crippen LogP contribution in [0.15, 0.2) is 33.5 Å². The van der Waals surface area contributed by atoms with Gasteiger partial charge >= 0.3 is 0 Å². The maximum atomic E-state index is 13.6. The zero-order valence-electron chi connectivity index (χ0n) is 25.2. The van der Waals surface area contributed by atoms with Gasteiger partial charge in [0.05, 0.1) is 6.10 Å². The maximum Gasteiger partial charge on any atom is 0.200 e. The number of Topliss-reactive ketones (excluding diaryl/α,β-unsaturated/α-hetero) is 1. The lowest BCUT2D eigenvalue weighted by Gasteiger charge is -2.47. The molecule has 0 radical (unpaired) electrons. The Morgan fingerprint density at radius 3 is 1.83 bits per heavy atom. The average Bonchev–Trinajstić information content (AvgIpc) is 2.77. The normalized spacial score (nSPS) is 18.4. The zero-order chi connectivity index (χ0) is 27.5. The summed E-state index contributed by atoms with van der Waals surface area (Å²) in [5, 5.41) is 0. The Labute approximate surface area is 234 Å². The largest absolute Gasteiger partial charge is 0.412 e. The highest BCUT2D eigenvalue weighted by Gasteiger charge is 2.48. The van der Waals surface area contributed by atoms with Crippen molar-refractivity contribution in [3.63, 3.8) is 0 Å². The molecule has 4 heteroatoms. The van der Waals surface area contributed by atoms with E-state index in [2.05, 4.69) is 137 Å². The van der Waals surface area contributed by atoms with Gasteiger partial charge in [0.2, 0.25) is 8.32 Å². The summed E-state index contributed by atoms with van der Waals surface area (Å²) in [6.45, 7) is 29.2. The lowest BCUT2D eigenvalue weighted by Crippen LogP contribution is -2.53. The summed E-state index contributed by atoms with van der Waals surface area (Å²) in [6, 6.07) is 0. The topological polar surface area (TPSA) is 26.3 Å². The van der Waals surface area contributed by atoms with E-state index >= 15 is 0 Å². The lowest BCUT2D eigenvalue weighted by atomic mass is 9.84. The molecule has 0 aliphatic heterocycles. The van der Waals surface area contributed by atoms with Gasteiger partial charge in [-0.1, -0.05) is 119 Å². The Bertz CT molecular complexity index is 698. The van der Waals surface area contributed by atoms with Crippen LogP contribution in [0.1, 0.15) is 109 Å². The number of halogens is 1. The van der Waals surface area contributed by atoms with Crippen LogP contribution in [0.3, 0.4) is 0 Å². The minimum Gasteiger partial charge on any atom is -0.412 e. The number of rotatable bonds is 16. The van der Waals surface area contributed by atoms with Crippen molar-refractivity contribution < 1.29 is 9.22 Å². The second kappa shape index (κ2) is 16.6.